The zero-order chi connectivity index (χ0) is 14.4. The van der Waals surface area contributed by atoms with Gasteiger partial charge in [0.15, 0.2) is 0 Å². The Labute approximate surface area is 122 Å². The maximum atomic E-state index is 13.5. The highest BCUT2D eigenvalue weighted by molar-refractivity contribution is 7.99. The van der Waals surface area contributed by atoms with E-state index < -0.39 is 0 Å². The van der Waals surface area contributed by atoms with Gasteiger partial charge < -0.3 is 0 Å². The zero-order valence-corrected chi connectivity index (χ0v) is 12.2. The number of thioether (sulfide) groups is 1. The number of benzene rings is 1. The summed E-state index contributed by atoms with van der Waals surface area (Å²) < 4.78 is 15.3. The molecule has 0 saturated carbocycles. The Morgan fingerprint density at radius 3 is 2.90 bits per heavy atom. The molecule has 1 unspecified atom stereocenters. The number of hydrogen-bond acceptors (Lipinski definition) is 4. The topological polar surface area (TPSA) is 55.9 Å². The lowest BCUT2D eigenvalue weighted by Crippen LogP contribution is -2.37. The summed E-state index contributed by atoms with van der Waals surface area (Å²) in [4.78, 5) is 0.661. The number of nitrogens with zero attached hydrogens (tertiary/aromatic N) is 2. The van der Waals surface area contributed by atoms with Crippen molar-refractivity contribution in [2.24, 2.45) is 12.9 Å². The van der Waals surface area contributed by atoms with Crippen LogP contribution in [0.2, 0.25) is 0 Å². The minimum absolute atomic E-state index is 0.139. The van der Waals surface area contributed by atoms with Crippen LogP contribution in [0.15, 0.2) is 41.6 Å². The van der Waals surface area contributed by atoms with Crippen LogP contribution in [0, 0.1) is 5.82 Å². The first kappa shape index (κ1) is 15.0. The zero-order valence-electron chi connectivity index (χ0n) is 11.4. The quantitative estimate of drug-likeness (QED) is 0.466. The van der Waals surface area contributed by atoms with Crippen molar-refractivity contribution in [1.82, 2.24) is 15.2 Å². The van der Waals surface area contributed by atoms with E-state index >= 15 is 0 Å². The molecule has 2 aromatic rings. The molecule has 20 heavy (non-hydrogen) atoms. The Kier molecular flexibility index (Phi) is 5.58. The van der Waals surface area contributed by atoms with Crippen molar-refractivity contribution < 1.29 is 4.39 Å². The third-order valence-electron chi connectivity index (χ3n) is 3.05. The molecule has 0 radical (unpaired) electrons. The predicted molar refractivity (Wildman–Crippen MR) is 79.8 cm³/mol. The minimum Gasteiger partial charge on any atom is -0.276 e. The van der Waals surface area contributed by atoms with Gasteiger partial charge in [0.25, 0.3) is 0 Å². The number of hydrogen-bond donors (Lipinski definition) is 2. The molecule has 1 atom stereocenters. The van der Waals surface area contributed by atoms with E-state index in [4.69, 9.17) is 5.84 Å². The fourth-order valence-corrected chi connectivity index (χ4v) is 2.93. The van der Waals surface area contributed by atoms with Crippen LogP contribution in [-0.2, 0) is 13.5 Å². The molecule has 0 fully saturated rings. The van der Waals surface area contributed by atoms with Gasteiger partial charge in [-0.15, -0.1) is 11.8 Å². The van der Waals surface area contributed by atoms with E-state index in [2.05, 4.69) is 10.5 Å². The van der Waals surface area contributed by atoms with Crippen LogP contribution in [0.25, 0.3) is 0 Å². The van der Waals surface area contributed by atoms with Crippen molar-refractivity contribution in [2.75, 3.05) is 5.75 Å². The number of nitrogens with two attached hydrogens (primary N) is 1. The summed E-state index contributed by atoms with van der Waals surface area (Å²) >= 11 is 1.48. The number of aryl methyl sites for hydroxylation is 2. The Balaban J connectivity index is 1.82. The van der Waals surface area contributed by atoms with Gasteiger partial charge in [0.1, 0.15) is 5.82 Å². The van der Waals surface area contributed by atoms with Crippen LogP contribution in [0.3, 0.4) is 0 Å². The third-order valence-corrected chi connectivity index (χ3v) is 4.26. The lowest BCUT2D eigenvalue weighted by Gasteiger charge is -2.15. The first-order valence-electron chi connectivity index (χ1n) is 6.50. The summed E-state index contributed by atoms with van der Waals surface area (Å²) in [5, 5.41) is 4.14. The molecule has 6 heteroatoms. The molecule has 4 nitrogen and oxygen atoms in total. The Hall–Kier alpha value is -1.37. The molecule has 0 bridgehead atoms. The summed E-state index contributed by atoms with van der Waals surface area (Å²) in [5.74, 6) is 6.12. The maximum Gasteiger partial charge on any atom is 0.136 e. The molecule has 0 amide bonds. The molecule has 0 spiro atoms. The second-order valence-electron chi connectivity index (χ2n) is 4.67. The van der Waals surface area contributed by atoms with Crippen molar-refractivity contribution in [3.8, 4) is 0 Å². The molecular formula is C14H19FN4S. The van der Waals surface area contributed by atoms with E-state index in [-0.39, 0.29) is 11.9 Å². The first-order chi connectivity index (χ1) is 9.69. The Bertz CT molecular complexity index is 543. The summed E-state index contributed by atoms with van der Waals surface area (Å²) in [6.45, 7) is 0. The molecule has 2 rings (SSSR count). The first-order valence-corrected chi connectivity index (χ1v) is 7.48. The number of nitrogens with one attached hydrogen (secondary N) is 1. The molecular weight excluding hydrogens is 275 g/mol. The van der Waals surface area contributed by atoms with Crippen molar-refractivity contribution in [1.29, 1.82) is 0 Å². The molecule has 1 heterocycles. The van der Waals surface area contributed by atoms with E-state index in [1.165, 1.54) is 23.4 Å². The van der Waals surface area contributed by atoms with Gasteiger partial charge in [-0.3, -0.25) is 16.0 Å². The van der Waals surface area contributed by atoms with Crippen LogP contribution < -0.4 is 11.3 Å². The van der Waals surface area contributed by atoms with Crippen molar-refractivity contribution >= 4 is 11.8 Å². The van der Waals surface area contributed by atoms with E-state index in [0.29, 0.717) is 4.90 Å². The second-order valence-corrected chi connectivity index (χ2v) is 5.73. The second kappa shape index (κ2) is 7.42. The van der Waals surface area contributed by atoms with E-state index in [1.54, 1.807) is 16.8 Å². The number of halogens is 1. The summed E-state index contributed by atoms with van der Waals surface area (Å²) in [6.07, 6.45) is 5.65. The van der Waals surface area contributed by atoms with Crippen LogP contribution in [0.4, 0.5) is 4.39 Å². The number of hydrazine groups is 1. The van der Waals surface area contributed by atoms with Crippen LogP contribution in [0.5, 0.6) is 0 Å². The maximum absolute atomic E-state index is 13.5. The number of aromatic nitrogens is 2. The van der Waals surface area contributed by atoms with Crippen LogP contribution in [-0.4, -0.2) is 21.6 Å². The summed E-state index contributed by atoms with van der Waals surface area (Å²) in [5.41, 5.74) is 3.98. The Morgan fingerprint density at radius 2 is 2.25 bits per heavy atom. The predicted octanol–water partition coefficient (Wildman–Crippen LogP) is 2.12. The largest absolute Gasteiger partial charge is 0.276 e. The highest BCUT2D eigenvalue weighted by atomic mass is 32.2. The highest BCUT2D eigenvalue weighted by Crippen LogP contribution is 2.22. The molecule has 0 aliphatic rings. The van der Waals surface area contributed by atoms with E-state index in [9.17, 15) is 4.39 Å². The summed E-state index contributed by atoms with van der Waals surface area (Å²) in [6, 6.07) is 6.93. The SMILES string of the molecule is Cn1cc(CCC(CSc2ccccc2F)NN)cn1. The molecule has 108 valence electrons. The van der Waals surface area contributed by atoms with Gasteiger partial charge in [0.05, 0.1) is 6.20 Å². The molecule has 0 saturated heterocycles. The average Bonchev–Trinajstić information content (AvgIpc) is 2.86. The van der Waals surface area contributed by atoms with Gasteiger partial charge in [0, 0.05) is 29.9 Å². The van der Waals surface area contributed by atoms with Gasteiger partial charge in [-0.2, -0.15) is 5.10 Å². The van der Waals surface area contributed by atoms with Crippen LogP contribution >= 0.6 is 11.8 Å². The van der Waals surface area contributed by atoms with Gasteiger partial charge in [0.2, 0.25) is 0 Å². The highest BCUT2D eigenvalue weighted by Gasteiger charge is 2.10. The van der Waals surface area contributed by atoms with Gasteiger partial charge in [-0.1, -0.05) is 12.1 Å². The summed E-state index contributed by atoms with van der Waals surface area (Å²) in [7, 11) is 1.90. The van der Waals surface area contributed by atoms with Crippen molar-refractivity contribution in [2.45, 2.75) is 23.8 Å². The van der Waals surface area contributed by atoms with Crippen LogP contribution in [0.1, 0.15) is 12.0 Å². The minimum atomic E-state index is -0.180. The Morgan fingerprint density at radius 1 is 1.45 bits per heavy atom. The average molecular weight is 294 g/mol. The fourth-order valence-electron chi connectivity index (χ4n) is 1.91. The lowest BCUT2D eigenvalue weighted by atomic mass is 10.1. The molecule has 1 aromatic heterocycles. The fraction of sp³-hybridized carbons (Fsp3) is 0.357. The van der Waals surface area contributed by atoms with Gasteiger partial charge in [-0.25, -0.2) is 4.39 Å². The molecule has 3 N–H and O–H groups in total. The van der Waals surface area contributed by atoms with E-state index in [0.717, 1.165) is 18.6 Å². The molecule has 1 aromatic carbocycles. The number of rotatable bonds is 7. The van der Waals surface area contributed by atoms with Gasteiger partial charge >= 0.3 is 0 Å². The standard InChI is InChI=1S/C14H19FN4S/c1-19-9-11(8-17-19)6-7-12(18-16)10-20-14-5-3-2-4-13(14)15/h2-5,8-9,12,18H,6-7,10,16H2,1H3. The smallest absolute Gasteiger partial charge is 0.136 e. The van der Waals surface area contributed by atoms with Crippen molar-refractivity contribution in [3.05, 3.63) is 48.0 Å². The molecule has 0 aliphatic heterocycles. The lowest BCUT2D eigenvalue weighted by molar-refractivity contribution is 0.538. The monoisotopic (exact) mass is 294 g/mol. The third kappa shape index (κ3) is 4.33. The van der Waals surface area contributed by atoms with Crippen molar-refractivity contribution in [3.63, 3.8) is 0 Å². The van der Waals surface area contributed by atoms with E-state index in [1.807, 2.05) is 25.5 Å². The normalized spacial score (nSPS) is 12.6. The molecule has 0 aliphatic carbocycles. The van der Waals surface area contributed by atoms with Gasteiger partial charge in [-0.05, 0) is 30.5 Å².